The van der Waals surface area contributed by atoms with Crippen molar-refractivity contribution < 1.29 is 4.42 Å². The third-order valence-electron chi connectivity index (χ3n) is 2.76. The van der Waals surface area contributed by atoms with Gasteiger partial charge in [0, 0.05) is 22.1 Å². The van der Waals surface area contributed by atoms with Gasteiger partial charge in [0.05, 0.1) is 6.20 Å². The quantitative estimate of drug-likeness (QED) is 0.622. The number of nitrogens with one attached hydrogen (secondary N) is 1. The Kier molecular flexibility index (Phi) is 5.39. The van der Waals surface area contributed by atoms with Gasteiger partial charge in [0.2, 0.25) is 0 Å². The van der Waals surface area contributed by atoms with Crippen molar-refractivity contribution in [3.63, 3.8) is 0 Å². The van der Waals surface area contributed by atoms with Crippen LogP contribution in [0.1, 0.15) is 19.7 Å². The first-order valence-electron chi connectivity index (χ1n) is 6.57. The van der Waals surface area contributed by atoms with E-state index < -0.39 is 0 Å². The van der Waals surface area contributed by atoms with E-state index in [0.717, 1.165) is 36.7 Å². The largest absolute Gasteiger partial charge is 0.441 e. The maximum Gasteiger partial charge on any atom is 0.196 e. The van der Waals surface area contributed by atoms with E-state index in [0.29, 0.717) is 5.92 Å². The highest BCUT2D eigenvalue weighted by Gasteiger charge is 2.08. The average molecular weight is 370 g/mol. The van der Waals surface area contributed by atoms with Crippen molar-refractivity contribution in [3.05, 3.63) is 39.9 Å². The van der Waals surface area contributed by atoms with E-state index in [1.165, 1.54) is 3.57 Å². The highest BCUT2D eigenvalue weighted by Crippen LogP contribution is 2.25. The molecule has 1 aromatic heterocycles. The minimum atomic E-state index is 0.672. The first-order chi connectivity index (χ1) is 9.16. The smallest absolute Gasteiger partial charge is 0.196 e. The third kappa shape index (κ3) is 4.31. The van der Waals surface area contributed by atoms with E-state index in [4.69, 9.17) is 4.42 Å². The molecule has 102 valence electrons. The highest BCUT2D eigenvalue weighted by molar-refractivity contribution is 14.1. The molecular weight excluding hydrogens is 351 g/mol. The Labute approximate surface area is 128 Å². The fourth-order valence-electron chi connectivity index (χ4n) is 1.80. The van der Waals surface area contributed by atoms with Crippen LogP contribution in [0.3, 0.4) is 0 Å². The van der Waals surface area contributed by atoms with E-state index in [-0.39, 0.29) is 0 Å². The normalized spacial score (nSPS) is 11.2. The van der Waals surface area contributed by atoms with Crippen LogP contribution in [0.4, 0.5) is 0 Å². The van der Waals surface area contributed by atoms with Crippen molar-refractivity contribution in [1.29, 1.82) is 0 Å². The van der Waals surface area contributed by atoms with E-state index in [9.17, 15) is 0 Å². The molecule has 0 radical (unpaired) electrons. The molecule has 0 aliphatic heterocycles. The van der Waals surface area contributed by atoms with Crippen molar-refractivity contribution in [2.75, 3.05) is 13.1 Å². The fourth-order valence-corrected chi connectivity index (χ4v) is 2.45. The van der Waals surface area contributed by atoms with Gasteiger partial charge >= 0.3 is 0 Å². The van der Waals surface area contributed by atoms with E-state index in [1.807, 2.05) is 18.3 Å². The summed E-state index contributed by atoms with van der Waals surface area (Å²) in [6.07, 6.45) is 2.64. The van der Waals surface area contributed by atoms with Crippen LogP contribution in [0.5, 0.6) is 0 Å². The second-order valence-electron chi connectivity index (χ2n) is 4.95. The molecule has 0 aliphatic carbocycles. The molecule has 1 aromatic carbocycles. The zero-order chi connectivity index (χ0) is 13.7. The molecule has 0 fully saturated rings. The summed E-state index contributed by atoms with van der Waals surface area (Å²) in [5.41, 5.74) is 1.11. The van der Waals surface area contributed by atoms with Gasteiger partial charge in [-0.25, -0.2) is 4.98 Å². The summed E-state index contributed by atoms with van der Waals surface area (Å²) in [5.74, 6) is 2.32. The van der Waals surface area contributed by atoms with Crippen molar-refractivity contribution in [2.45, 2.75) is 20.3 Å². The van der Waals surface area contributed by atoms with Gasteiger partial charge in [-0.1, -0.05) is 32.0 Å². The molecule has 0 saturated carbocycles. The lowest BCUT2D eigenvalue weighted by Gasteiger charge is -2.05. The van der Waals surface area contributed by atoms with Gasteiger partial charge in [-0.2, -0.15) is 0 Å². The molecule has 2 rings (SSSR count). The Balaban J connectivity index is 1.94. The number of benzene rings is 1. The standard InChI is InChI=1S/C15H19IN2O/c1-11(2)9-17-8-7-15-18-10-14(19-15)12-5-3-4-6-13(12)16/h3-6,10-11,17H,7-9H2,1-2H3. The van der Waals surface area contributed by atoms with E-state index in [1.54, 1.807) is 0 Å². The van der Waals surface area contributed by atoms with Crippen LogP contribution in [-0.4, -0.2) is 18.1 Å². The number of oxazole rings is 1. The third-order valence-corrected chi connectivity index (χ3v) is 3.70. The Morgan fingerprint density at radius 3 is 2.84 bits per heavy atom. The van der Waals surface area contributed by atoms with Gasteiger partial charge in [-0.05, 0) is 41.1 Å². The zero-order valence-corrected chi connectivity index (χ0v) is 13.5. The van der Waals surface area contributed by atoms with Crippen LogP contribution in [0.25, 0.3) is 11.3 Å². The molecule has 0 aliphatic rings. The first-order valence-corrected chi connectivity index (χ1v) is 7.65. The first kappa shape index (κ1) is 14.5. The molecule has 2 aromatic rings. The molecule has 19 heavy (non-hydrogen) atoms. The Morgan fingerprint density at radius 1 is 1.32 bits per heavy atom. The van der Waals surface area contributed by atoms with Gasteiger partial charge in [-0.15, -0.1) is 0 Å². The van der Waals surface area contributed by atoms with Gasteiger partial charge < -0.3 is 9.73 Å². The molecule has 4 heteroatoms. The number of rotatable bonds is 6. The molecule has 0 spiro atoms. The second kappa shape index (κ2) is 7.05. The van der Waals surface area contributed by atoms with E-state index in [2.05, 4.69) is 58.9 Å². The molecule has 3 nitrogen and oxygen atoms in total. The van der Waals surface area contributed by atoms with Crippen molar-refractivity contribution in [1.82, 2.24) is 10.3 Å². The Bertz CT molecular complexity index is 522. The average Bonchev–Trinajstić information content (AvgIpc) is 2.83. The van der Waals surface area contributed by atoms with Crippen LogP contribution < -0.4 is 5.32 Å². The maximum absolute atomic E-state index is 5.80. The second-order valence-corrected chi connectivity index (χ2v) is 6.11. The highest BCUT2D eigenvalue weighted by atomic mass is 127. The van der Waals surface area contributed by atoms with Crippen LogP contribution in [0.2, 0.25) is 0 Å². The topological polar surface area (TPSA) is 38.1 Å². The van der Waals surface area contributed by atoms with Crippen LogP contribution in [0, 0.1) is 9.49 Å². The predicted octanol–water partition coefficient (Wildman–Crippen LogP) is 3.73. The summed E-state index contributed by atoms with van der Waals surface area (Å²) >= 11 is 2.31. The van der Waals surface area contributed by atoms with Crippen molar-refractivity contribution in [2.24, 2.45) is 5.92 Å². The minimum absolute atomic E-state index is 0.672. The molecule has 0 amide bonds. The summed E-state index contributed by atoms with van der Waals surface area (Å²) in [4.78, 5) is 4.34. The summed E-state index contributed by atoms with van der Waals surface area (Å²) < 4.78 is 6.98. The predicted molar refractivity (Wildman–Crippen MR) is 86.1 cm³/mol. The summed E-state index contributed by atoms with van der Waals surface area (Å²) in [6, 6.07) is 8.17. The van der Waals surface area contributed by atoms with Gasteiger partial charge in [0.25, 0.3) is 0 Å². The van der Waals surface area contributed by atoms with Crippen LogP contribution in [-0.2, 0) is 6.42 Å². The summed E-state index contributed by atoms with van der Waals surface area (Å²) in [7, 11) is 0. The van der Waals surface area contributed by atoms with Gasteiger partial charge in [0.15, 0.2) is 11.7 Å². The number of nitrogens with zero attached hydrogens (tertiary/aromatic N) is 1. The fraction of sp³-hybridized carbons (Fsp3) is 0.400. The Hall–Kier alpha value is -0.880. The maximum atomic E-state index is 5.80. The van der Waals surface area contributed by atoms with Gasteiger partial charge in [0.1, 0.15) is 0 Å². The molecule has 1 N–H and O–H groups in total. The van der Waals surface area contributed by atoms with Crippen LogP contribution >= 0.6 is 22.6 Å². The molecule has 0 atom stereocenters. The Morgan fingerprint density at radius 2 is 2.11 bits per heavy atom. The summed E-state index contributed by atoms with van der Waals surface area (Å²) in [6.45, 7) is 6.34. The number of halogens is 1. The van der Waals surface area contributed by atoms with Crippen molar-refractivity contribution in [3.8, 4) is 11.3 Å². The summed E-state index contributed by atoms with van der Waals surface area (Å²) in [5, 5.41) is 3.39. The lowest BCUT2D eigenvalue weighted by Crippen LogP contribution is -2.22. The molecule has 0 unspecified atom stereocenters. The number of aromatic nitrogens is 1. The van der Waals surface area contributed by atoms with E-state index >= 15 is 0 Å². The lowest BCUT2D eigenvalue weighted by atomic mass is 10.2. The molecule has 1 heterocycles. The lowest BCUT2D eigenvalue weighted by molar-refractivity contribution is 0.483. The molecule has 0 bridgehead atoms. The van der Waals surface area contributed by atoms with Crippen LogP contribution in [0.15, 0.2) is 34.9 Å². The zero-order valence-electron chi connectivity index (χ0n) is 11.3. The van der Waals surface area contributed by atoms with Crippen molar-refractivity contribution >= 4 is 22.6 Å². The van der Waals surface area contributed by atoms with Gasteiger partial charge in [-0.3, -0.25) is 0 Å². The monoisotopic (exact) mass is 370 g/mol. The SMILES string of the molecule is CC(C)CNCCc1ncc(-c2ccccc2I)o1. The molecular formula is C15H19IN2O. The minimum Gasteiger partial charge on any atom is -0.441 e. The molecule has 0 saturated heterocycles. The number of hydrogen-bond acceptors (Lipinski definition) is 3. The number of hydrogen-bond donors (Lipinski definition) is 1.